The first-order chi connectivity index (χ1) is 14.6. The Labute approximate surface area is 174 Å². The number of hydrogen-bond acceptors (Lipinski definition) is 5. The molecule has 1 fully saturated rings. The van der Waals surface area contributed by atoms with E-state index in [2.05, 4.69) is 0 Å². The lowest BCUT2D eigenvalue weighted by molar-refractivity contribution is -0.140. The number of aliphatic hydroxyl groups is 1. The summed E-state index contributed by atoms with van der Waals surface area (Å²) in [7, 11) is 0. The molecule has 2 heterocycles. The van der Waals surface area contributed by atoms with Gasteiger partial charge >= 0.3 is 0 Å². The summed E-state index contributed by atoms with van der Waals surface area (Å²) >= 11 is 0. The van der Waals surface area contributed by atoms with Crippen LogP contribution >= 0.6 is 0 Å². The number of carbonyl (C=O) groups is 2. The lowest BCUT2D eigenvalue weighted by Gasteiger charge is -2.24. The van der Waals surface area contributed by atoms with Crippen LogP contribution in [0.25, 0.3) is 5.76 Å². The number of benzene rings is 2. The summed E-state index contributed by atoms with van der Waals surface area (Å²) in [4.78, 5) is 27.3. The smallest absolute Gasteiger partial charge is 0.296 e. The highest BCUT2D eigenvalue weighted by atomic mass is 16.5. The van der Waals surface area contributed by atoms with E-state index in [0.29, 0.717) is 29.2 Å². The fraction of sp³-hybridized carbons (Fsp3) is 0.167. The summed E-state index contributed by atoms with van der Waals surface area (Å²) in [5.41, 5.74) is 1.23. The molecule has 152 valence electrons. The molecular weight excluding hydrogens is 382 g/mol. The number of Topliss-reactive ketones (excluding diaryl/α,β-unsaturated/α-hetero) is 1. The zero-order chi connectivity index (χ0) is 21.1. The molecular formula is C24H21NO5. The quantitative estimate of drug-likeness (QED) is 0.377. The third-order valence-electron chi connectivity index (χ3n) is 5.00. The van der Waals surface area contributed by atoms with Crippen LogP contribution in [-0.2, 0) is 16.1 Å². The van der Waals surface area contributed by atoms with Crippen LogP contribution in [-0.4, -0.2) is 28.3 Å². The van der Waals surface area contributed by atoms with Crippen LogP contribution in [0.1, 0.15) is 29.9 Å². The van der Waals surface area contributed by atoms with E-state index in [1.807, 2.05) is 13.0 Å². The number of hydrogen-bond donors (Lipinski definition) is 1. The van der Waals surface area contributed by atoms with E-state index in [1.165, 1.54) is 11.2 Å². The SMILES string of the molecule is CCOc1ccc(C2/C(=C(\O)c3ccccc3)C(=O)C(=O)N2Cc2ccco2)cc1. The Morgan fingerprint density at radius 1 is 1.03 bits per heavy atom. The molecule has 0 radical (unpaired) electrons. The molecule has 1 aliphatic rings. The second-order valence-electron chi connectivity index (χ2n) is 6.87. The number of furan rings is 1. The second kappa shape index (κ2) is 8.29. The molecule has 1 aromatic heterocycles. The highest BCUT2D eigenvalue weighted by Crippen LogP contribution is 2.40. The van der Waals surface area contributed by atoms with Gasteiger partial charge in [-0.25, -0.2) is 0 Å². The van der Waals surface area contributed by atoms with Crippen molar-refractivity contribution in [1.29, 1.82) is 0 Å². The lowest BCUT2D eigenvalue weighted by atomic mass is 9.95. The first-order valence-corrected chi connectivity index (χ1v) is 9.69. The topological polar surface area (TPSA) is 80.0 Å². The van der Waals surface area contributed by atoms with E-state index < -0.39 is 17.7 Å². The summed E-state index contributed by atoms with van der Waals surface area (Å²) in [5.74, 6) is -0.362. The number of amides is 1. The summed E-state index contributed by atoms with van der Waals surface area (Å²) in [6, 6.07) is 18.6. The molecule has 3 aromatic rings. The van der Waals surface area contributed by atoms with Crippen molar-refractivity contribution in [3.8, 4) is 5.75 Å². The minimum absolute atomic E-state index is 0.0573. The van der Waals surface area contributed by atoms with Gasteiger partial charge in [-0.1, -0.05) is 42.5 Å². The van der Waals surface area contributed by atoms with Crippen molar-refractivity contribution >= 4 is 17.4 Å². The summed E-state index contributed by atoms with van der Waals surface area (Å²) in [6.45, 7) is 2.54. The zero-order valence-electron chi connectivity index (χ0n) is 16.4. The van der Waals surface area contributed by atoms with E-state index in [4.69, 9.17) is 9.15 Å². The van der Waals surface area contributed by atoms with Gasteiger partial charge in [-0.3, -0.25) is 9.59 Å². The number of rotatable bonds is 6. The predicted octanol–water partition coefficient (Wildman–Crippen LogP) is 4.30. The standard InChI is InChI=1S/C24H21NO5/c1-2-29-18-12-10-16(11-13-18)21-20(22(26)17-7-4-3-5-8-17)23(27)24(28)25(21)15-19-9-6-14-30-19/h3-14,21,26H,2,15H2,1H3/b22-20+. The molecule has 1 saturated heterocycles. The number of likely N-dealkylation sites (tertiary alicyclic amines) is 1. The minimum Gasteiger partial charge on any atom is -0.507 e. The van der Waals surface area contributed by atoms with Crippen molar-refractivity contribution in [3.63, 3.8) is 0 Å². The van der Waals surface area contributed by atoms with Gasteiger partial charge < -0.3 is 19.2 Å². The minimum atomic E-state index is -0.744. The van der Waals surface area contributed by atoms with E-state index in [9.17, 15) is 14.7 Å². The maximum atomic E-state index is 12.9. The van der Waals surface area contributed by atoms with Gasteiger partial charge in [0.05, 0.1) is 31.0 Å². The van der Waals surface area contributed by atoms with Gasteiger partial charge in [0.25, 0.3) is 11.7 Å². The fourth-order valence-corrected chi connectivity index (χ4v) is 3.62. The Bertz CT molecular complexity index is 1070. The third kappa shape index (κ3) is 3.59. The highest BCUT2D eigenvalue weighted by Gasteiger charge is 2.46. The van der Waals surface area contributed by atoms with Gasteiger partial charge in [-0.05, 0) is 36.8 Å². The third-order valence-corrected chi connectivity index (χ3v) is 5.00. The lowest BCUT2D eigenvalue weighted by Crippen LogP contribution is -2.29. The van der Waals surface area contributed by atoms with Crippen molar-refractivity contribution in [2.75, 3.05) is 6.61 Å². The molecule has 1 unspecified atom stereocenters. The normalized spacial score (nSPS) is 18.0. The maximum absolute atomic E-state index is 12.9. The van der Waals surface area contributed by atoms with Crippen LogP contribution in [0.5, 0.6) is 5.75 Å². The summed E-state index contributed by atoms with van der Waals surface area (Å²) < 4.78 is 10.9. The van der Waals surface area contributed by atoms with Crippen LogP contribution in [0.15, 0.2) is 83.0 Å². The van der Waals surface area contributed by atoms with E-state index >= 15 is 0 Å². The molecule has 1 aliphatic heterocycles. The Hall–Kier alpha value is -3.80. The van der Waals surface area contributed by atoms with Gasteiger partial charge in [0, 0.05) is 5.56 Å². The first-order valence-electron chi connectivity index (χ1n) is 9.69. The van der Waals surface area contributed by atoms with E-state index in [0.717, 1.165) is 0 Å². The van der Waals surface area contributed by atoms with Gasteiger partial charge in [0.15, 0.2) is 0 Å². The van der Waals surface area contributed by atoms with Gasteiger partial charge in [0.1, 0.15) is 17.3 Å². The summed E-state index contributed by atoms with van der Waals surface area (Å²) in [5, 5.41) is 11.0. The van der Waals surface area contributed by atoms with Crippen LogP contribution in [0.3, 0.4) is 0 Å². The Balaban J connectivity index is 1.82. The van der Waals surface area contributed by atoms with Crippen LogP contribution < -0.4 is 4.74 Å². The van der Waals surface area contributed by atoms with Crippen molar-refractivity contribution in [2.45, 2.75) is 19.5 Å². The molecule has 6 nitrogen and oxygen atoms in total. The number of ketones is 1. The zero-order valence-corrected chi connectivity index (χ0v) is 16.4. The van der Waals surface area contributed by atoms with E-state index in [1.54, 1.807) is 60.7 Å². The number of ether oxygens (including phenoxy) is 1. The molecule has 4 rings (SSSR count). The monoisotopic (exact) mass is 403 g/mol. The van der Waals surface area contributed by atoms with E-state index in [-0.39, 0.29) is 17.9 Å². The van der Waals surface area contributed by atoms with Gasteiger partial charge in [-0.15, -0.1) is 0 Å². The molecule has 2 aromatic carbocycles. The molecule has 1 atom stereocenters. The predicted molar refractivity (Wildman–Crippen MR) is 111 cm³/mol. The maximum Gasteiger partial charge on any atom is 0.296 e. The largest absolute Gasteiger partial charge is 0.507 e. The van der Waals surface area contributed by atoms with Crippen molar-refractivity contribution in [2.24, 2.45) is 0 Å². The Kier molecular flexibility index (Phi) is 5.39. The van der Waals surface area contributed by atoms with Crippen LogP contribution in [0.2, 0.25) is 0 Å². The molecule has 30 heavy (non-hydrogen) atoms. The fourth-order valence-electron chi connectivity index (χ4n) is 3.62. The Morgan fingerprint density at radius 2 is 1.77 bits per heavy atom. The van der Waals surface area contributed by atoms with Gasteiger partial charge in [0.2, 0.25) is 0 Å². The molecule has 6 heteroatoms. The average Bonchev–Trinajstić information content (AvgIpc) is 3.37. The average molecular weight is 403 g/mol. The van der Waals surface area contributed by atoms with Crippen molar-refractivity contribution in [1.82, 2.24) is 4.90 Å². The molecule has 0 saturated carbocycles. The number of carbonyl (C=O) groups excluding carboxylic acids is 2. The molecule has 1 amide bonds. The number of nitrogens with zero attached hydrogens (tertiary/aromatic N) is 1. The molecule has 1 N–H and O–H groups in total. The summed E-state index contributed by atoms with van der Waals surface area (Å²) in [6.07, 6.45) is 1.52. The van der Waals surface area contributed by atoms with Crippen LogP contribution in [0, 0.1) is 0 Å². The molecule has 0 spiro atoms. The van der Waals surface area contributed by atoms with Crippen molar-refractivity contribution < 1.29 is 23.8 Å². The molecule has 0 bridgehead atoms. The number of aliphatic hydroxyl groups excluding tert-OH is 1. The van der Waals surface area contributed by atoms with Crippen molar-refractivity contribution in [3.05, 3.63) is 95.5 Å². The van der Waals surface area contributed by atoms with Crippen LogP contribution in [0.4, 0.5) is 0 Å². The Morgan fingerprint density at radius 3 is 2.40 bits per heavy atom. The van der Waals surface area contributed by atoms with Gasteiger partial charge in [-0.2, -0.15) is 0 Å². The first kappa shape index (κ1) is 19.5. The molecule has 0 aliphatic carbocycles. The second-order valence-corrected chi connectivity index (χ2v) is 6.87. The highest BCUT2D eigenvalue weighted by molar-refractivity contribution is 6.46.